The zero-order chi connectivity index (χ0) is 13.7. The second-order valence-corrected chi connectivity index (χ2v) is 4.34. The zero-order valence-electron chi connectivity index (χ0n) is 11.3. The first-order valence-corrected chi connectivity index (χ1v) is 6.59. The molecule has 0 fully saturated rings. The monoisotopic (exact) mass is 259 g/mol. The van der Waals surface area contributed by atoms with Crippen molar-refractivity contribution < 1.29 is 9.13 Å². The summed E-state index contributed by atoms with van der Waals surface area (Å²) < 4.78 is 18.6. The summed E-state index contributed by atoms with van der Waals surface area (Å²) in [5.41, 5.74) is 2.14. The highest BCUT2D eigenvalue weighted by Crippen LogP contribution is 2.32. The molecule has 0 bridgehead atoms. The van der Waals surface area contributed by atoms with E-state index >= 15 is 0 Å². The van der Waals surface area contributed by atoms with Gasteiger partial charge < -0.3 is 4.74 Å². The smallest absolute Gasteiger partial charge is 0.217 e. The normalized spacial score (nSPS) is 12.2. The molecule has 0 spiro atoms. The van der Waals surface area contributed by atoms with Crippen molar-refractivity contribution in [1.29, 1.82) is 0 Å². The Morgan fingerprint density at radius 3 is 2.53 bits per heavy atom. The van der Waals surface area contributed by atoms with Crippen LogP contribution in [-0.2, 0) is 0 Å². The highest BCUT2D eigenvalue weighted by molar-refractivity contribution is 5.37. The molecule has 1 aromatic carbocycles. The molecule has 0 saturated heterocycles. The molecule has 0 aliphatic rings. The first kappa shape index (κ1) is 13.5. The number of aromatic nitrogens is 1. The number of rotatable bonds is 5. The largest absolute Gasteiger partial charge is 0.478 e. The van der Waals surface area contributed by atoms with E-state index in [4.69, 9.17) is 4.74 Å². The average molecular weight is 259 g/mol. The van der Waals surface area contributed by atoms with Crippen LogP contribution in [0.5, 0.6) is 5.88 Å². The van der Waals surface area contributed by atoms with Crippen LogP contribution in [0.25, 0.3) is 0 Å². The van der Waals surface area contributed by atoms with Crippen molar-refractivity contribution in [3.63, 3.8) is 0 Å². The van der Waals surface area contributed by atoms with E-state index in [9.17, 15) is 4.39 Å². The van der Waals surface area contributed by atoms with Crippen molar-refractivity contribution in [1.82, 2.24) is 4.98 Å². The first-order chi connectivity index (χ1) is 9.26. The average Bonchev–Trinajstić information content (AvgIpc) is 2.44. The summed E-state index contributed by atoms with van der Waals surface area (Å²) in [6, 6.07) is 10.6. The number of hydrogen-bond acceptors (Lipinski definition) is 2. The predicted octanol–water partition coefficient (Wildman–Crippen LogP) is 4.16. The lowest BCUT2D eigenvalue weighted by Crippen LogP contribution is -2.05. The Morgan fingerprint density at radius 2 is 1.89 bits per heavy atom. The molecule has 1 heterocycles. The molecular weight excluding hydrogens is 241 g/mol. The van der Waals surface area contributed by atoms with Crippen LogP contribution >= 0.6 is 0 Å². The van der Waals surface area contributed by atoms with E-state index in [1.54, 1.807) is 6.20 Å². The van der Waals surface area contributed by atoms with E-state index in [0.717, 1.165) is 17.5 Å². The van der Waals surface area contributed by atoms with Crippen LogP contribution in [0.3, 0.4) is 0 Å². The lowest BCUT2D eigenvalue weighted by atomic mass is 9.90. The van der Waals surface area contributed by atoms with Crippen LogP contribution in [0.4, 0.5) is 4.39 Å². The molecule has 2 nitrogen and oxygen atoms in total. The maximum atomic E-state index is 13.0. The van der Waals surface area contributed by atoms with E-state index in [0.29, 0.717) is 12.5 Å². The molecule has 0 amide bonds. The molecule has 0 aliphatic carbocycles. The maximum absolute atomic E-state index is 13.0. The fraction of sp³-hybridized carbons (Fsp3) is 0.312. The predicted molar refractivity (Wildman–Crippen MR) is 73.9 cm³/mol. The van der Waals surface area contributed by atoms with Crippen molar-refractivity contribution in [3.05, 3.63) is 59.5 Å². The molecule has 19 heavy (non-hydrogen) atoms. The molecule has 0 aliphatic heterocycles. The second kappa shape index (κ2) is 6.32. The quantitative estimate of drug-likeness (QED) is 0.804. The summed E-state index contributed by atoms with van der Waals surface area (Å²) in [5.74, 6) is 0.631. The van der Waals surface area contributed by atoms with Gasteiger partial charge in [0.2, 0.25) is 5.88 Å². The van der Waals surface area contributed by atoms with Crippen molar-refractivity contribution in [2.75, 3.05) is 6.61 Å². The molecule has 1 atom stereocenters. The van der Waals surface area contributed by atoms with Crippen LogP contribution in [0.2, 0.25) is 0 Å². The Kier molecular flexibility index (Phi) is 4.50. The summed E-state index contributed by atoms with van der Waals surface area (Å²) >= 11 is 0. The number of hydrogen-bond donors (Lipinski definition) is 0. The summed E-state index contributed by atoms with van der Waals surface area (Å²) in [6.07, 6.45) is 2.64. The summed E-state index contributed by atoms with van der Waals surface area (Å²) in [7, 11) is 0. The molecule has 1 aromatic heterocycles. The van der Waals surface area contributed by atoms with E-state index < -0.39 is 0 Å². The molecule has 0 N–H and O–H groups in total. The minimum Gasteiger partial charge on any atom is -0.478 e. The summed E-state index contributed by atoms with van der Waals surface area (Å²) in [5, 5.41) is 0. The Hall–Kier alpha value is -1.90. The van der Waals surface area contributed by atoms with Gasteiger partial charge in [-0.05, 0) is 37.1 Å². The minimum atomic E-state index is -0.213. The number of halogens is 1. The van der Waals surface area contributed by atoms with Crippen molar-refractivity contribution in [2.45, 2.75) is 26.2 Å². The molecule has 3 heteroatoms. The number of ether oxygens (including phenoxy) is 1. The lowest BCUT2D eigenvalue weighted by Gasteiger charge is -2.18. The summed E-state index contributed by atoms with van der Waals surface area (Å²) in [6.45, 7) is 4.64. The fourth-order valence-corrected chi connectivity index (χ4v) is 2.26. The van der Waals surface area contributed by atoms with Gasteiger partial charge in [-0.3, -0.25) is 0 Å². The van der Waals surface area contributed by atoms with Gasteiger partial charge in [0, 0.05) is 17.7 Å². The van der Waals surface area contributed by atoms with Gasteiger partial charge >= 0.3 is 0 Å². The first-order valence-electron chi connectivity index (χ1n) is 6.59. The van der Waals surface area contributed by atoms with Gasteiger partial charge in [0.05, 0.1) is 6.61 Å². The van der Waals surface area contributed by atoms with E-state index in [1.807, 2.05) is 31.2 Å². The van der Waals surface area contributed by atoms with Crippen molar-refractivity contribution in [2.24, 2.45) is 0 Å². The summed E-state index contributed by atoms with van der Waals surface area (Å²) in [4.78, 5) is 4.28. The number of pyridine rings is 1. The van der Waals surface area contributed by atoms with E-state index in [-0.39, 0.29) is 11.7 Å². The Bertz CT molecular complexity index is 525. The van der Waals surface area contributed by atoms with Gasteiger partial charge in [-0.15, -0.1) is 0 Å². The van der Waals surface area contributed by atoms with Crippen molar-refractivity contribution >= 4 is 0 Å². The molecule has 0 radical (unpaired) electrons. The Labute approximate surface area is 113 Å². The second-order valence-electron chi connectivity index (χ2n) is 4.34. The number of nitrogens with zero attached hydrogens (tertiary/aromatic N) is 1. The van der Waals surface area contributed by atoms with Gasteiger partial charge in [-0.1, -0.05) is 25.1 Å². The van der Waals surface area contributed by atoms with Crippen LogP contribution in [0.15, 0.2) is 42.6 Å². The van der Waals surface area contributed by atoms with Crippen LogP contribution in [-0.4, -0.2) is 11.6 Å². The van der Waals surface area contributed by atoms with E-state index in [1.165, 1.54) is 12.1 Å². The Morgan fingerprint density at radius 1 is 1.16 bits per heavy atom. The van der Waals surface area contributed by atoms with Crippen LogP contribution in [0, 0.1) is 5.82 Å². The Balaban J connectivity index is 2.39. The fourth-order valence-electron chi connectivity index (χ4n) is 2.26. The standard InChI is InChI=1S/C16H18FNO/c1-3-14(12-7-9-13(17)10-8-12)15-6-5-11-18-16(15)19-4-2/h5-11,14H,3-4H2,1-2H3. The highest BCUT2D eigenvalue weighted by Gasteiger charge is 2.17. The third kappa shape index (κ3) is 3.11. The van der Waals surface area contributed by atoms with Crippen molar-refractivity contribution in [3.8, 4) is 5.88 Å². The molecule has 2 aromatic rings. The van der Waals surface area contributed by atoms with Gasteiger partial charge in [-0.2, -0.15) is 0 Å². The topological polar surface area (TPSA) is 22.1 Å². The molecular formula is C16H18FNO. The molecule has 2 rings (SSSR count). The van der Waals surface area contributed by atoms with Gasteiger partial charge in [0.15, 0.2) is 0 Å². The van der Waals surface area contributed by atoms with Gasteiger partial charge in [0.1, 0.15) is 5.82 Å². The molecule has 1 unspecified atom stereocenters. The number of benzene rings is 1. The third-order valence-electron chi connectivity index (χ3n) is 3.14. The zero-order valence-corrected chi connectivity index (χ0v) is 11.3. The highest BCUT2D eigenvalue weighted by atomic mass is 19.1. The SMILES string of the molecule is CCOc1ncccc1C(CC)c1ccc(F)cc1. The lowest BCUT2D eigenvalue weighted by molar-refractivity contribution is 0.321. The van der Waals surface area contributed by atoms with Gasteiger partial charge in [0.25, 0.3) is 0 Å². The van der Waals surface area contributed by atoms with E-state index in [2.05, 4.69) is 11.9 Å². The third-order valence-corrected chi connectivity index (χ3v) is 3.14. The minimum absolute atomic E-state index is 0.177. The van der Waals surface area contributed by atoms with Crippen LogP contribution in [0.1, 0.15) is 37.3 Å². The molecule has 0 saturated carbocycles. The van der Waals surface area contributed by atoms with Gasteiger partial charge in [-0.25, -0.2) is 9.37 Å². The maximum Gasteiger partial charge on any atom is 0.217 e. The van der Waals surface area contributed by atoms with Crippen LogP contribution < -0.4 is 4.74 Å². The molecule has 100 valence electrons.